The van der Waals surface area contributed by atoms with E-state index in [9.17, 15) is 4.79 Å². The summed E-state index contributed by atoms with van der Waals surface area (Å²) in [5, 5.41) is 3.11. The van der Waals surface area contributed by atoms with E-state index in [2.05, 4.69) is 29.6 Å². The van der Waals surface area contributed by atoms with Gasteiger partial charge in [0.1, 0.15) is 5.75 Å². The van der Waals surface area contributed by atoms with E-state index in [4.69, 9.17) is 4.74 Å². The molecule has 0 saturated carbocycles. The summed E-state index contributed by atoms with van der Waals surface area (Å²) in [6, 6.07) is 16.6. The number of benzene rings is 2. The Bertz CT molecular complexity index is 736. The minimum absolute atomic E-state index is 0. The molecule has 4 nitrogen and oxygen atoms in total. The van der Waals surface area contributed by atoms with Crippen molar-refractivity contribution in [3.05, 3.63) is 65.2 Å². The van der Waals surface area contributed by atoms with Crippen LogP contribution in [-0.2, 0) is 17.8 Å². The molecule has 1 amide bonds. The maximum absolute atomic E-state index is 13.1. The molecule has 3 rings (SSSR count). The van der Waals surface area contributed by atoms with Gasteiger partial charge in [0.15, 0.2) is 0 Å². The molecule has 1 aliphatic rings. The van der Waals surface area contributed by atoms with E-state index >= 15 is 0 Å². The van der Waals surface area contributed by atoms with E-state index in [1.807, 2.05) is 43.1 Å². The molecule has 0 aromatic heterocycles. The number of nitrogens with zero attached hydrogens (tertiary/aromatic N) is 1. The SMILES string of the molecule is CNCC(C)C(=O)N1Cc2cc(OC)ccc2CC1c1ccccc1.Cl. The van der Waals surface area contributed by atoms with Crippen LogP contribution < -0.4 is 10.1 Å². The second-order valence-corrected chi connectivity index (χ2v) is 6.69. The summed E-state index contributed by atoms with van der Waals surface area (Å²) in [4.78, 5) is 15.1. The molecule has 5 heteroatoms. The van der Waals surface area contributed by atoms with Gasteiger partial charge in [-0.15, -0.1) is 12.4 Å². The Labute approximate surface area is 162 Å². The first-order valence-corrected chi connectivity index (χ1v) is 8.80. The number of hydrogen-bond donors (Lipinski definition) is 1. The zero-order valence-corrected chi connectivity index (χ0v) is 16.4. The topological polar surface area (TPSA) is 41.6 Å². The molecule has 0 spiro atoms. The van der Waals surface area contributed by atoms with Crippen molar-refractivity contribution in [1.29, 1.82) is 0 Å². The molecule has 2 aromatic carbocycles. The van der Waals surface area contributed by atoms with Gasteiger partial charge in [-0.2, -0.15) is 0 Å². The largest absolute Gasteiger partial charge is 0.497 e. The number of rotatable bonds is 5. The smallest absolute Gasteiger partial charge is 0.227 e. The molecule has 26 heavy (non-hydrogen) atoms. The molecule has 2 atom stereocenters. The highest BCUT2D eigenvalue weighted by molar-refractivity contribution is 5.85. The first-order chi connectivity index (χ1) is 12.1. The lowest BCUT2D eigenvalue weighted by molar-refractivity contribution is -0.138. The first-order valence-electron chi connectivity index (χ1n) is 8.80. The van der Waals surface area contributed by atoms with Gasteiger partial charge in [0.25, 0.3) is 0 Å². The van der Waals surface area contributed by atoms with Crippen LogP contribution in [0.2, 0.25) is 0 Å². The van der Waals surface area contributed by atoms with Crippen molar-refractivity contribution >= 4 is 18.3 Å². The standard InChI is InChI=1S/C21H26N2O2.ClH/c1-15(13-22-2)21(24)23-14-18-11-19(25-3)10-9-17(18)12-20(23)16-7-5-4-6-8-16;/h4-11,15,20,22H,12-14H2,1-3H3;1H. The Kier molecular flexibility index (Phi) is 7.06. The van der Waals surface area contributed by atoms with Crippen LogP contribution in [0.4, 0.5) is 0 Å². The molecular formula is C21H27ClN2O2. The molecule has 0 radical (unpaired) electrons. The summed E-state index contributed by atoms with van der Waals surface area (Å²) in [5.41, 5.74) is 3.66. The highest BCUT2D eigenvalue weighted by atomic mass is 35.5. The van der Waals surface area contributed by atoms with E-state index in [0.717, 1.165) is 12.2 Å². The Morgan fingerprint density at radius 3 is 2.62 bits per heavy atom. The summed E-state index contributed by atoms with van der Waals surface area (Å²) in [6.07, 6.45) is 0.835. The monoisotopic (exact) mass is 374 g/mol. The fraction of sp³-hybridized carbons (Fsp3) is 0.381. The first kappa shape index (κ1) is 20.3. The third kappa shape index (κ3) is 4.19. The minimum atomic E-state index is -0.0524. The van der Waals surface area contributed by atoms with Crippen molar-refractivity contribution in [2.75, 3.05) is 20.7 Å². The average molecular weight is 375 g/mol. The fourth-order valence-corrected chi connectivity index (χ4v) is 3.57. The number of halogens is 1. The number of methoxy groups -OCH3 is 1. The maximum atomic E-state index is 13.1. The Morgan fingerprint density at radius 1 is 1.23 bits per heavy atom. The maximum Gasteiger partial charge on any atom is 0.227 e. The summed E-state index contributed by atoms with van der Waals surface area (Å²) < 4.78 is 5.36. The zero-order chi connectivity index (χ0) is 17.8. The zero-order valence-electron chi connectivity index (χ0n) is 15.6. The van der Waals surface area contributed by atoms with Crippen molar-refractivity contribution in [1.82, 2.24) is 10.2 Å². The van der Waals surface area contributed by atoms with Crippen LogP contribution >= 0.6 is 12.4 Å². The number of fused-ring (bicyclic) bond motifs is 1. The lowest BCUT2D eigenvalue weighted by Crippen LogP contribution is -2.43. The van der Waals surface area contributed by atoms with Crippen LogP contribution in [-0.4, -0.2) is 31.5 Å². The normalized spacial score (nSPS) is 17.0. The highest BCUT2D eigenvalue weighted by Gasteiger charge is 2.32. The second-order valence-electron chi connectivity index (χ2n) is 6.69. The van der Waals surface area contributed by atoms with Gasteiger partial charge >= 0.3 is 0 Å². The molecule has 0 saturated heterocycles. The summed E-state index contributed by atoms with van der Waals surface area (Å²) >= 11 is 0. The molecule has 0 aliphatic carbocycles. The Balaban J connectivity index is 0.00000243. The van der Waals surface area contributed by atoms with E-state index in [0.29, 0.717) is 13.1 Å². The lowest BCUT2D eigenvalue weighted by atomic mass is 9.88. The van der Waals surface area contributed by atoms with Crippen LogP contribution in [0.3, 0.4) is 0 Å². The molecule has 1 aliphatic heterocycles. The number of amides is 1. The van der Waals surface area contributed by atoms with Gasteiger partial charge in [-0.25, -0.2) is 0 Å². The van der Waals surface area contributed by atoms with E-state index < -0.39 is 0 Å². The quantitative estimate of drug-likeness (QED) is 0.869. The van der Waals surface area contributed by atoms with Crippen molar-refractivity contribution in [2.24, 2.45) is 5.92 Å². The number of nitrogens with one attached hydrogen (secondary N) is 1. The number of ether oxygens (including phenoxy) is 1. The van der Waals surface area contributed by atoms with Crippen LogP contribution in [0.5, 0.6) is 5.75 Å². The lowest BCUT2D eigenvalue weighted by Gasteiger charge is -2.39. The Hall–Kier alpha value is -2.04. The van der Waals surface area contributed by atoms with Gasteiger partial charge < -0.3 is 15.0 Å². The average Bonchev–Trinajstić information content (AvgIpc) is 2.66. The molecule has 2 unspecified atom stereocenters. The number of hydrogen-bond acceptors (Lipinski definition) is 3. The predicted molar refractivity (Wildman–Crippen MR) is 107 cm³/mol. The Morgan fingerprint density at radius 2 is 1.96 bits per heavy atom. The molecule has 140 valence electrons. The summed E-state index contributed by atoms with van der Waals surface area (Å²) in [6.45, 7) is 3.29. The number of carbonyl (C=O) groups excluding carboxylic acids is 1. The van der Waals surface area contributed by atoms with E-state index in [-0.39, 0.29) is 30.3 Å². The fourth-order valence-electron chi connectivity index (χ4n) is 3.57. The number of carbonyl (C=O) groups is 1. The molecule has 2 aromatic rings. The molecule has 0 bridgehead atoms. The van der Waals surface area contributed by atoms with Gasteiger partial charge in [-0.1, -0.05) is 43.3 Å². The summed E-state index contributed by atoms with van der Waals surface area (Å²) in [5.74, 6) is 0.979. The van der Waals surface area contributed by atoms with Crippen LogP contribution in [0.25, 0.3) is 0 Å². The molecule has 1 N–H and O–H groups in total. The second kappa shape index (κ2) is 9.06. The highest BCUT2D eigenvalue weighted by Crippen LogP contribution is 2.35. The van der Waals surface area contributed by atoms with Crippen molar-refractivity contribution in [3.8, 4) is 5.75 Å². The molecule has 1 heterocycles. The molecular weight excluding hydrogens is 348 g/mol. The van der Waals surface area contributed by atoms with Crippen molar-refractivity contribution in [2.45, 2.75) is 25.9 Å². The van der Waals surface area contributed by atoms with Gasteiger partial charge in [-0.3, -0.25) is 4.79 Å². The van der Waals surface area contributed by atoms with Gasteiger partial charge in [0.2, 0.25) is 5.91 Å². The van der Waals surface area contributed by atoms with Gasteiger partial charge in [-0.05, 0) is 42.3 Å². The van der Waals surface area contributed by atoms with E-state index in [1.165, 1.54) is 16.7 Å². The van der Waals surface area contributed by atoms with Crippen molar-refractivity contribution in [3.63, 3.8) is 0 Å². The third-order valence-electron chi connectivity index (χ3n) is 4.94. The van der Waals surface area contributed by atoms with Crippen LogP contribution in [0.15, 0.2) is 48.5 Å². The van der Waals surface area contributed by atoms with Crippen LogP contribution in [0.1, 0.15) is 29.7 Å². The predicted octanol–water partition coefficient (Wildman–Crippen LogP) is 3.60. The van der Waals surface area contributed by atoms with Crippen LogP contribution in [0, 0.1) is 5.92 Å². The van der Waals surface area contributed by atoms with E-state index in [1.54, 1.807) is 7.11 Å². The third-order valence-corrected chi connectivity index (χ3v) is 4.94. The summed E-state index contributed by atoms with van der Waals surface area (Å²) in [7, 11) is 3.56. The van der Waals surface area contributed by atoms with Gasteiger partial charge in [0, 0.05) is 19.0 Å². The molecule has 0 fully saturated rings. The minimum Gasteiger partial charge on any atom is -0.497 e. The van der Waals surface area contributed by atoms with Gasteiger partial charge in [0.05, 0.1) is 13.2 Å². The van der Waals surface area contributed by atoms with Crippen molar-refractivity contribution < 1.29 is 9.53 Å².